The molecule has 2 fully saturated rings. The number of nitrogens with zero attached hydrogens (tertiary/aromatic N) is 6. The minimum absolute atomic E-state index is 0.173. The van der Waals surface area contributed by atoms with Crippen molar-refractivity contribution >= 4 is 28.9 Å². The molecule has 1 amide bonds. The van der Waals surface area contributed by atoms with Gasteiger partial charge in [0.25, 0.3) is 6.43 Å². The van der Waals surface area contributed by atoms with Crippen molar-refractivity contribution in [1.82, 2.24) is 24.4 Å². The number of rotatable bonds is 6. The van der Waals surface area contributed by atoms with Gasteiger partial charge in [-0.1, -0.05) is 12.1 Å². The summed E-state index contributed by atoms with van der Waals surface area (Å²) >= 11 is 0. The number of benzene rings is 1. The van der Waals surface area contributed by atoms with E-state index in [1.165, 1.54) is 4.57 Å². The van der Waals surface area contributed by atoms with Gasteiger partial charge in [0.15, 0.2) is 5.82 Å². The number of carbonyl (C=O) groups excluding carboxylic acids is 1. The molecule has 0 radical (unpaired) electrons. The van der Waals surface area contributed by atoms with E-state index >= 15 is 0 Å². The van der Waals surface area contributed by atoms with Crippen LogP contribution in [0.2, 0.25) is 0 Å². The molecule has 2 aromatic heterocycles. The molecule has 0 saturated carbocycles. The molecule has 1 aromatic carbocycles. The van der Waals surface area contributed by atoms with Gasteiger partial charge in [-0.15, -0.1) is 0 Å². The normalized spacial score (nSPS) is 18.4. The van der Waals surface area contributed by atoms with Gasteiger partial charge in [0, 0.05) is 38.8 Å². The van der Waals surface area contributed by atoms with Gasteiger partial charge in [0.05, 0.1) is 24.2 Å². The summed E-state index contributed by atoms with van der Waals surface area (Å²) in [5, 5.41) is 3.29. The number of aromatic nitrogens is 4. The van der Waals surface area contributed by atoms with Crippen LogP contribution in [-0.4, -0.2) is 82.1 Å². The van der Waals surface area contributed by atoms with Crippen LogP contribution >= 0.6 is 0 Å². The molecule has 4 heterocycles. The van der Waals surface area contributed by atoms with Crippen molar-refractivity contribution < 1.29 is 23.0 Å². The quantitative estimate of drug-likeness (QED) is 0.506. The van der Waals surface area contributed by atoms with Gasteiger partial charge in [0.2, 0.25) is 5.95 Å². The molecule has 2 aliphatic heterocycles. The average Bonchev–Trinajstić information content (AvgIpc) is 3.52. The minimum atomic E-state index is -2.78. The summed E-state index contributed by atoms with van der Waals surface area (Å²) in [5.41, 5.74) is 0.466. The third kappa shape index (κ3) is 5.79. The van der Waals surface area contributed by atoms with Crippen LogP contribution in [0.1, 0.15) is 39.4 Å². The minimum Gasteiger partial charge on any atom is -0.444 e. The van der Waals surface area contributed by atoms with Crippen molar-refractivity contribution in [2.24, 2.45) is 5.92 Å². The van der Waals surface area contributed by atoms with Gasteiger partial charge < -0.3 is 24.6 Å². The SMILES string of the molecule is CC(C)(C)OC(=O)N1CC[C@H](CNc2nc(N3CCOCC3)cc(-n3c(C(F)F)nc4ccccc43)n2)C1. The first-order valence-electron chi connectivity index (χ1n) is 12.9. The molecule has 0 unspecified atom stereocenters. The van der Waals surface area contributed by atoms with E-state index in [1.807, 2.05) is 20.8 Å². The molecule has 12 heteroatoms. The fraction of sp³-hybridized carbons (Fsp3) is 0.538. The number of likely N-dealkylation sites (tertiary alicyclic amines) is 1. The zero-order chi connectivity index (χ0) is 26.9. The molecule has 204 valence electrons. The van der Waals surface area contributed by atoms with E-state index in [0.29, 0.717) is 74.6 Å². The molecule has 0 bridgehead atoms. The molecule has 2 aliphatic rings. The van der Waals surface area contributed by atoms with Gasteiger partial charge in [-0.25, -0.2) is 18.6 Å². The summed E-state index contributed by atoms with van der Waals surface area (Å²) in [4.78, 5) is 29.7. The third-order valence-electron chi connectivity index (χ3n) is 6.53. The van der Waals surface area contributed by atoms with Crippen molar-refractivity contribution in [2.75, 3.05) is 56.2 Å². The largest absolute Gasteiger partial charge is 0.444 e. The molecular formula is C26H33F2N7O3. The third-order valence-corrected chi connectivity index (χ3v) is 6.53. The van der Waals surface area contributed by atoms with Crippen LogP contribution in [0.5, 0.6) is 0 Å². The predicted molar refractivity (Wildman–Crippen MR) is 139 cm³/mol. The maximum Gasteiger partial charge on any atom is 0.410 e. The van der Waals surface area contributed by atoms with Gasteiger partial charge in [-0.2, -0.15) is 9.97 Å². The monoisotopic (exact) mass is 529 g/mol. The number of alkyl halides is 2. The van der Waals surface area contributed by atoms with E-state index in [2.05, 4.69) is 20.2 Å². The molecular weight excluding hydrogens is 496 g/mol. The Morgan fingerprint density at radius 3 is 2.61 bits per heavy atom. The van der Waals surface area contributed by atoms with Crippen LogP contribution in [0.4, 0.5) is 25.3 Å². The first-order chi connectivity index (χ1) is 18.2. The Labute approximate surface area is 219 Å². The zero-order valence-corrected chi connectivity index (χ0v) is 21.9. The van der Waals surface area contributed by atoms with Crippen LogP contribution in [-0.2, 0) is 9.47 Å². The Kier molecular flexibility index (Phi) is 7.33. The maximum atomic E-state index is 14.1. The fourth-order valence-corrected chi connectivity index (χ4v) is 4.73. The number of amides is 1. The van der Waals surface area contributed by atoms with Gasteiger partial charge in [-0.05, 0) is 45.2 Å². The lowest BCUT2D eigenvalue weighted by Gasteiger charge is -2.28. The van der Waals surface area contributed by atoms with E-state index in [9.17, 15) is 13.6 Å². The molecule has 10 nitrogen and oxygen atoms in total. The molecule has 3 aromatic rings. The first kappa shape index (κ1) is 26.1. The van der Waals surface area contributed by atoms with Crippen LogP contribution in [0.25, 0.3) is 16.9 Å². The lowest BCUT2D eigenvalue weighted by molar-refractivity contribution is 0.0289. The smallest absolute Gasteiger partial charge is 0.410 e. The highest BCUT2D eigenvalue weighted by Gasteiger charge is 2.30. The lowest BCUT2D eigenvalue weighted by atomic mass is 10.1. The molecule has 0 spiro atoms. The van der Waals surface area contributed by atoms with E-state index in [4.69, 9.17) is 14.5 Å². The Balaban J connectivity index is 1.41. The molecule has 2 saturated heterocycles. The van der Waals surface area contributed by atoms with Crippen molar-refractivity contribution in [1.29, 1.82) is 0 Å². The second-order valence-electron chi connectivity index (χ2n) is 10.6. The van der Waals surface area contributed by atoms with Gasteiger partial charge in [0.1, 0.15) is 17.2 Å². The number of hydrogen-bond donors (Lipinski definition) is 1. The fourth-order valence-electron chi connectivity index (χ4n) is 4.73. The van der Waals surface area contributed by atoms with Crippen molar-refractivity contribution in [3.05, 3.63) is 36.2 Å². The Morgan fingerprint density at radius 1 is 1.13 bits per heavy atom. The first-order valence-corrected chi connectivity index (χ1v) is 12.9. The Morgan fingerprint density at radius 2 is 1.87 bits per heavy atom. The number of fused-ring (bicyclic) bond motifs is 1. The summed E-state index contributed by atoms with van der Waals surface area (Å²) in [6, 6.07) is 8.73. The van der Waals surface area contributed by atoms with E-state index in [1.54, 1.807) is 35.2 Å². The van der Waals surface area contributed by atoms with Gasteiger partial charge >= 0.3 is 6.09 Å². The second-order valence-corrected chi connectivity index (χ2v) is 10.6. The topological polar surface area (TPSA) is 97.6 Å². The van der Waals surface area contributed by atoms with Crippen LogP contribution < -0.4 is 10.2 Å². The maximum absolute atomic E-state index is 14.1. The highest BCUT2D eigenvalue weighted by molar-refractivity contribution is 5.78. The highest BCUT2D eigenvalue weighted by Crippen LogP contribution is 2.29. The van der Waals surface area contributed by atoms with Gasteiger partial charge in [-0.3, -0.25) is 4.57 Å². The predicted octanol–water partition coefficient (Wildman–Crippen LogP) is 4.26. The number of imidazole rings is 1. The Hall–Kier alpha value is -3.54. The van der Waals surface area contributed by atoms with E-state index < -0.39 is 12.0 Å². The number of nitrogens with one attached hydrogen (secondary N) is 1. The number of hydrogen-bond acceptors (Lipinski definition) is 8. The summed E-state index contributed by atoms with van der Waals surface area (Å²) in [7, 11) is 0. The average molecular weight is 530 g/mol. The second kappa shape index (κ2) is 10.7. The van der Waals surface area contributed by atoms with Crippen molar-refractivity contribution in [3.63, 3.8) is 0 Å². The van der Waals surface area contributed by atoms with E-state index in [-0.39, 0.29) is 17.8 Å². The van der Waals surface area contributed by atoms with E-state index in [0.717, 1.165) is 6.42 Å². The van der Waals surface area contributed by atoms with Crippen LogP contribution in [0.15, 0.2) is 30.3 Å². The molecule has 0 aliphatic carbocycles. The number of halogens is 2. The molecule has 1 atom stereocenters. The summed E-state index contributed by atoms with van der Waals surface area (Å²) in [6.45, 7) is 9.61. The lowest BCUT2D eigenvalue weighted by Crippen LogP contribution is -2.37. The Bertz CT molecular complexity index is 1290. The van der Waals surface area contributed by atoms with Crippen LogP contribution in [0.3, 0.4) is 0 Å². The summed E-state index contributed by atoms with van der Waals surface area (Å²) in [6.07, 6.45) is -2.29. The molecule has 1 N–H and O–H groups in total. The number of carbonyl (C=O) groups is 1. The molecule has 38 heavy (non-hydrogen) atoms. The van der Waals surface area contributed by atoms with Crippen LogP contribution in [0, 0.1) is 5.92 Å². The summed E-state index contributed by atoms with van der Waals surface area (Å²) in [5.74, 6) is 1.08. The van der Waals surface area contributed by atoms with Crippen molar-refractivity contribution in [3.8, 4) is 5.82 Å². The van der Waals surface area contributed by atoms with Crippen molar-refractivity contribution in [2.45, 2.75) is 39.2 Å². The zero-order valence-electron chi connectivity index (χ0n) is 21.9. The number of para-hydroxylation sites is 2. The highest BCUT2D eigenvalue weighted by atomic mass is 19.3. The number of anilines is 2. The number of morpholine rings is 1. The summed E-state index contributed by atoms with van der Waals surface area (Å²) < 4.78 is 40.5. The number of ether oxygens (including phenoxy) is 2. The standard InChI is InChI=1S/C26H33F2N7O3/c1-26(2,3)38-25(36)34-9-8-17(16-34)15-29-24-31-20(33-10-12-37-13-11-33)14-21(32-24)35-19-7-5-4-6-18(19)30-23(35)22(27)28/h4-7,14,17,22H,8-13,15-16H2,1-3H3,(H,29,31,32)/t17-/m1/s1. The molecule has 5 rings (SSSR count).